The second-order valence-corrected chi connectivity index (χ2v) is 2.68. The van der Waals surface area contributed by atoms with Crippen molar-refractivity contribution in [1.29, 1.82) is 5.26 Å². The van der Waals surface area contributed by atoms with E-state index in [1.807, 2.05) is 6.07 Å². The average Bonchev–Trinajstić information content (AvgIpc) is 2.18. The highest BCUT2D eigenvalue weighted by atomic mass is 19.3. The summed E-state index contributed by atoms with van der Waals surface area (Å²) in [4.78, 5) is 3.76. The van der Waals surface area contributed by atoms with Crippen LogP contribution in [0.3, 0.4) is 0 Å². The van der Waals surface area contributed by atoms with Crippen LogP contribution in [0.5, 0.6) is 0 Å². The smallest absolute Gasteiger partial charge is 0.250 e. The Hall–Kier alpha value is -1.54. The molecule has 5 heteroatoms. The van der Waals surface area contributed by atoms with E-state index in [1.54, 1.807) is 12.1 Å². The summed E-state index contributed by atoms with van der Waals surface area (Å²) in [6.45, 7) is -0.0221. The van der Waals surface area contributed by atoms with Crippen molar-refractivity contribution in [2.24, 2.45) is 0 Å². The second-order valence-electron chi connectivity index (χ2n) is 2.68. The van der Waals surface area contributed by atoms with Gasteiger partial charge in [0.25, 0.3) is 6.43 Å². The third-order valence-electron chi connectivity index (χ3n) is 1.57. The lowest BCUT2D eigenvalue weighted by Gasteiger charge is -2.03. The third-order valence-corrected chi connectivity index (χ3v) is 1.57. The van der Waals surface area contributed by atoms with Crippen molar-refractivity contribution >= 4 is 0 Å². The van der Waals surface area contributed by atoms with Gasteiger partial charge in [-0.15, -0.1) is 0 Å². The molecule has 0 radical (unpaired) electrons. The number of alkyl halides is 2. The minimum Gasteiger partial charge on any atom is -0.307 e. The van der Waals surface area contributed by atoms with Gasteiger partial charge in [-0.05, 0) is 17.7 Å². The number of aromatic nitrogens is 1. The maximum Gasteiger partial charge on any atom is 0.250 e. The Bertz CT molecular complexity index is 333. The van der Waals surface area contributed by atoms with Crippen molar-refractivity contribution in [2.75, 3.05) is 6.54 Å². The fourth-order valence-corrected chi connectivity index (χ4v) is 0.971. The lowest BCUT2D eigenvalue weighted by molar-refractivity contribution is 0.145. The molecule has 74 valence electrons. The van der Waals surface area contributed by atoms with Gasteiger partial charge in [0.2, 0.25) is 0 Å². The molecule has 0 aliphatic heterocycles. The lowest BCUT2D eigenvalue weighted by Crippen LogP contribution is -2.20. The van der Waals surface area contributed by atoms with E-state index in [1.165, 1.54) is 6.20 Å². The largest absolute Gasteiger partial charge is 0.307 e. The van der Waals surface area contributed by atoms with E-state index in [2.05, 4.69) is 10.3 Å². The van der Waals surface area contributed by atoms with Crippen LogP contribution in [0.2, 0.25) is 0 Å². The number of nitrogens with zero attached hydrogens (tertiary/aromatic N) is 2. The average molecular weight is 197 g/mol. The highest BCUT2D eigenvalue weighted by Crippen LogP contribution is 2.00. The van der Waals surface area contributed by atoms with Crippen molar-refractivity contribution in [2.45, 2.75) is 13.0 Å². The molecule has 3 nitrogen and oxygen atoms in total. The van der Waals surface area contributed by atoms with Crippen molar-refractivity contribution in [1.82, 2.24) is 10.3 Å². The van der Waals surface area contributed by atoms with Crippen LogP contribution in [0, 0.1) is 11.3 Å². The number of hydrogen-bond donors (Lipinski definition) is 1. The molecule has 0 saturated heterocycles. The van der Waals surface area contributed by atoms with Gasteiger partial charge in [0.15, 0.2) is 0 Å². The quantitative estimate of drug-likeness (QED) is 0.791. The summed E-state index contributed by atoms with van der Waals surface area (Å²) < 4.78 is 23.5. The second kappa shape index (κ2) is 5.25. The SMILES string of the molecule is N#Cc1cc(CNCC(F)F)ccn1. The fraction of sp³-hybridized carbons (Fsp3) is 0.333. The topological polar surface area (TPSA) is 48.7 Å². The van der Waals surface area contributed by atoms with E-state index >= 15 is 0 Å². The molecule has 1 heterocycles. The van der Waals surface area contributed by atoms with Gasteiger partial charge in [0.05, 0.1) is 6.54 Å². The first-order valence-electron chi connectivity index (χ1n) is 4.06. The summed E-state index contributed by atoms with van der Waals surface area (Å²) in [5.41, 5.74) is 1.07. The first-order chi connectivity index (χ1) is 6.72. The summed E-state index contributed by atoms with van der Waals surface area (Å²) in [7, 11) is 0. The van der Waals surface area contributed by atoms with Crippen LogP contribution in [0.15, 0.2) is 18.3 Å². The van der Waals surface area contributed by atoms with E-state index in [0.717, 1.165) is 5.56 Å². The molecule has 0 unspecified atom stereocenters. The molecule has 0 saturated carbocycles. The molecule has 0 aromatic carbocycles. The Labute approximate surface area is 80.4 Å². The van der Waals surface area contributed by atoms with Gasteiger partial charge in [-0.1, -0.05) is 0 Å². The number of nitriles is 1. The maximum absolute atomic E-state index is 11.8. The Morgan fingerprint density at radius 1 is 1.57 bits per heavy atom. The monoisotopic (exact) mass is 197 g/mol. The van der Waals surface area contributed by atoms with Crippen LogP contribution >= 0.6 is 0 Å². The molecule has 0 amide bonds. The molecule has 0 spiro atoms. The van der Waals surface area contributed by atoms with Crippen LogP contribution in [-0.4, -0.2) is 18.0 Å². The number of hydrogen-bond acceptors (Lipinski definition) is 3. The van der Waals surface area contributed by atoms with E-state index < -0.39 is 6.43 Å². The van der Waals surface area contributed by atoms with E-state index in [0.29, 0.717) is 12.2 Å². The maximum atomic E-state index is 11.8. The molecule has 1 aromatic rings. The van der Waals surface area contributed by atoms with Gasteiger partial charge < -0.3 is 5.32 Å². The molecule has 1 aromatic heterocycles. The van der Waals surface area contributed by atoms with Crippen LogP contribution in [0.1, 0.15) is 11.3 Å². The number of halogens is 2. The molecule has 0 aliphatic carbocycles. The van der Waals surface area contributed by atoms with E-state index in [4.69, 9.17) is 5.26 Å². The van der Waals surface area contributed by atoms with Crippen molar-refractivity contribution in [3.05, 3.63) is 29.6 Å². The molecule has 0 atom stereocenters. The van der Waals surface area contributed by atoms with Gasteiger partial charge in [0.1, 0.15) is 11.8 Å². The zero-order valence-corrected chi connectivity index (χ0v) is 7.37. The molecule has 1 N–H and O–H groups in total. The molecule has 0 fully saturated rings. The molecule has 1 rings (SSSR count). The molecular weight excluding hydrogens is 188 g/mol. The van der Waals surface area contributed by atoms with Crippen molar-refractivity contribution < 1.29 is 8.78 Å². The Kier molecular flexibility index (Phi) is 3.95. The van der Waals surface area contributed by atoms with Gasteiger partial charge >= 0.3 is 0 Å². The summed E-state index contributed by atoms with van der Waals surface area (Å²) in [5, 5.41) is 11.1. The predicted molar refractivity (Wildman–Crippen MR) is 46.7 cm³/mol. The highest BCUT2D eigenvalue weighted by molar-refractivity contribution is 5.25. The predicted octanol–water partition coefficient (Wildman–Crippen LogP) is 1.31. The fourth-order valence-electron chi connectivity index (χ4n) is 0.971. The zero-order chi connectivity index (χ0) is 10.4. The molecule has 14 heavy (non-hydrogen) atoms. The van der Waals surface area contributed by atoms with Gasteiger partial charge in [-0.2, -0.15) is 5.26 Å². The lowest BCUT2D eigenvalue weighted by atomic mass is 10.2. The van der Waals surface area contributed by atoms with Crippen LogP contribution in [0.4, 0.5) is 8.78 Å². The van der Waals surface area contributed by atoms with Gasteiger partial charge in [0, 0.05) is 12.7 Å². The summed E-state index contributed by atoms with van der Waals surface area (Å²) in [5.74, 6) is 0. The summed E-state index contributed by atoms with van der Waals surface area (Å²) >= 11 is 0. The van der Waals surface area contributed by atoms with Gasteiger partial charge in [-0.25, -0.2) is 13.8 Å². The first-order valence-corrected chi connectivity index (χ1v) is 4.06. The van der Waals surface area contributed by atoms with Crippen LogP contribution in [-0.2, 0) is 6.54 Å². The summed E-state index contributed by atoms with van der Waals surface area (Å²) in [6, 6.07) is 5.13. The van der Waals surface area contributed by atoms with Crippen LogP contribution < -0.4 is 5.32 Å². The minimum atomic E-state index is -2.35. The summed E-state index contributed by atoms with van der Waals surface area (Å²) in [6.07, 6.45) is -0.870. The minimum absolute atomic E-state index is 0.293. The Morgan fingerprint density at radius 3 is 3.00 bits per heavy atom. The zero-order valence-electron chi connectivity index (χ0n) is 7.37. The normalized spacial score (nSPS) is 10.1. The molecule has 0 aliphatic rings. The highest BCUT2D eigenvalue weighted by Gasteiger charge is 2.01. The third kappa shape index (κ3) is 3.46. The molecular formula is C9H9F2N3. The van der Waals surface area contributed by atoms with E-state index in [-0.39, 0.29) is 6.54 Å². The van der Waals surface area contributed by atoms with Crippen molar-refractivity contribution in [3.8, 4) is 6.07 Å². The molecule has 0 bridgehead atoms. The van der Waals surface area contributed by atoms with Crippen LogP contribution in [0.25, 0.3) is 0 Å². The Morgan fingerprint density at radius 2 is 2.36 bits per heavy atom. The van der Waals surface area contributed by atoms with Crippen molar-refractivity contribution in [3.63, 3.8) is 0 Å². The Balaban J connectivity index is 2.47. The van der Waals surface area contributed by atoms with Gasteiger partial charge in [-0.3, -0.25) is 0 Å². The standard InChI is InChI=1S/C9H9F2N3/c10-9(11)6-13-5-7-1-2-14-8(3-7)4-12/h1-3,9,13H,5-6H2. The van der Waals surface area contributed by atoms with E-state index in [9.17, 15) is 8.78 Å². The number of pyridine rings is 1. The first kappa shape index (κ1) is 10.5. The number of nitrogens with one attached hydrogen (secondary N) is 1. The number of rotatable bonds is 4.